The fourth-order valence-electron chi connectivity index (χ4n) is 2.08. The maximum absolute atomic E-state index is 11.6. The van der Waals surface area contributed by atoms with E-state index in [0.29, 0.717) is 23.8 Å². The van der Waals surface area contributed by atoms with Gasteiger partial charge in [0.1, 0.15) is 5.82 Å². The lowest BCUT2D eigenvalue weighted by molar-refractivity contribution is 0.752. The van der Waals surface area contributed by atoms with Gasteiger partial charge in [0.05, 0.1) is 17.1 Å². The number of aryl methyl sites for hydroxylation is 2. The van der Waals surface area contributed by atoms with E-state index in [-0.39, 0.29) is 5.56 Å². The number of hydrogen-bond acceptors (Lipinski definition) is 4. The van der Waals surface area contributed by atoms with Gasteiger partial charge in [-0.3, -0.25) is 4.79 Å². The van der Waals surface area contributed by atoms with Crippen LogP contribution >= 0.6 is 0 Å². The van der Waals surface area contributed by atoms with Gasteiger partial charge in [0, 0.05) is 12.5 Å². The van der Waals surface area contributed by atoms with E-state index in [1.54, 1.807) is 4.68 Å². The third-order valence-electron chi connectivity index (χ3n) is 3.10. The van der Waals surface area contributed by atoms with Gasteiger partial charge >= 0.3 is 0 Å². The third-order valence-corrected chi connectivity index (χ3v) is 3.10. The quantitative estimate of drug-likeness (QED) is 0.866. The van der Waals surface area contributed by atoms with E-state index in [4.69, 9.17) is 5.73 Å². The zero-order valence-electron chi connectivity index (χ0n) is 11.5. The van der Waals surface area contributed by atoms with E-state index in [9.17, 15) is 4.79 Å². The lowest BCUT2D eigenvalue weighted by atomic mass is 10.2. The molecule has 102 valence electrons. The average molecular weight is 261 g/mol. The minimum atomic E-state index is -0.170. The molecule has 19 heavy (non-hydrogen) atoms. The molecule has 0 aliphatic rings. The molecule has 0 radical (unpaired) electrons. The molecule has 2 aromatic rings. The SMILES string of the molecule is CCc1nc(-n2nc(CC)c(N)c2CC)cc(=O)[nH]1. The number of H-pyrrole nitrogens is 1. The fraction of sp³-hybridized carbons (Fsp3) is 0.462. The van der Waals surface area contributed by atoms with Crippen LogP contribution in [0.3, 0.4) is 0 Å². The highest BCUT2D eigenvalue weighted by Gasteiger charge is 2.15. The van der Waals surface area contributed by atoms with Crippen molar-refractivity contribution < 1.29 is 0 Å². The summed E-state index contributed by atoms with van der Waals surface area (Å²) < 4.78 is 1.68. The summed E-state index contributed by atoms with van der Waals surface area (Å²) in [5.41, 5.74) is 8.35. The van der Waals surface area contributed by atoms with Crippen LogP contribution in [0.1, 0.15) is 38.0 Å². The Balaban J connectivity index is 2.64. The fourth-order valence-corrected chi connectivity index (χ4v) is 2.08. The minimum absolute atomic E-state index is 0.170. The number of anilines is 1. The molecule has 0 saturated heterocycles. The van der Waals surface area contributed by atoms with Gasteiger partial charge in [-0.1, -0.05) is 20.8 Å². The van der Waals surface area contributed by atoms with Crippen LogP contribution in [0.5, 0.6) is 0 Å². The molecular weight excluding hydrogens is 242 g/mol. The number of nitrogens with one attached hydrogen (secondary N) is 1. The van der Waals surface area contributed by atoms with Crippen LogP contribution in [0.25, 0.3) is 5.82 Å². The highest BCUT2D eigenvalue weighted by molar-refractivity contribution is 5.50. The molecule has 0 atom stereocenters. The summed E-state index contributed by atoms with van der Waals surface area (Å²) in [4.78, 5) is 18.7. The van der Waals surface area contributed by atoms with Crippen LogP contribution in [0, 0.1) is 0 Å². The predicted molar refractivity (Wildman–Crippen MR) is 74.5 cm³/mol. The van der Waals surface area contributed by atoms with Gasteiger partial charge in [-0.2, -0.15) is 5.10 Å². The molecule has 0 saturated carbocycles. The Morgan fingerprint density at radius 2 is 2.00 bits per heavy atom. The van der Waals surface area contributed by atoms with E-state index in [1.807, 2.05) is 20.8 Å². The Bertz CT molecular complexity index is 641. The molecule has 0 aromatic carbocycles. The molecule has 0 amide bonds. The van der Waals surface area contributed by atoms with E-state index in [2.05, 4.69) is 15.1 Å². The molecule has 3 N–H and O–H groups in total. The van der Waals surface area contributed by atoms with Crippen molar-refractivity contribution in [2.45, 2.75) is 40.0 Å². The second-order valence-electron chi connectivity index (χ2n) is 4.33. The average Bonchev–Trinajstić information content (AvgIpc) is 2.74. The predicted octanol–water partition coefficient (Wildman–Crippen LogP) is 1.23. The molecule has 0 unspecified atom stereocenters. The van der Waals surface area contributed by atoms with E-state index in [1.165, 1.54) is 6.07 Å². The highest BCUT2D eigenvalue weighted by atomic mass is 16.1. The van der Waals surface area contributed by atoms with Crippen molar-refractivity contribution in [3.05, 3.63) is 33.6 Å². The van der Waals surface area contributed by atoms with E-state index < -0.39 is 0 Å². The Hall–Kier alpha value is -2.11. The number of hydrogen-bond donors (Lipinski definition) is 2. The topological polar surface area (TPSA) is 89.6 Å². The van der Waals surface area contributed by atoms with Crippen LogP contribution in [-0.4, -0.2) is 19.7 Å². The third kappa shape index (κ3) is 2.38. The number of rotatable bonds is 4. The first-order valence-corrected chi connectivity index (χ1v) is 6.57. The number of nitrogen functional groups attached to an aromatic ring is 1. The van der Waals surface area contributed by atoms with Gasteiger partial charge in [0.2, 0.25) is 0 Å². The lowest BCUT2D eigenvalue weighted by Crippen LogP contribution is -2.15. The molecule has 2 heterocycles. The summed E-state index contributed by atoms with van der Waals surface area (Å²) in [6, 6.07) is 1.45. The zero-order valence-corrected chi connectivity index (χ0v) is 11.5. The molecule has 2 aromatic heterocycles. The molecule has 0 aliphatic heterocycles. The maximum Gasteiger partial charge on any atom is 0.253 e. The molecular formula is C13H19N5O. The Kier molecular flexibility index (Phi) is 3.69. The van der Waals surface area contributed by atoms with Crippen molar-refractivity contribution in [1.82, 2.24) is 19.7 Å². The van der Waals surface area contributed by atoms with Crippen molar-refractivity contribution in [3.63, 3.8) is 0 Å². The van der Waals surface area contributed by atoms with Crippen LogP contribution < -0.4 is 11.3 Å². The van der Waals surface area contributed by atoms with Crippen molar-refractivity contribution >= 4 is 5.69 Å². The normalized spacial score (nSPS) is 10.9. The van der Waals surface area contributed by atoms with Gasteiger partial charge in [0.25, 0.3) is 5.56 Å². The van der Waals surface area contributed by atoms with Gasteiger partial charge in [0.15, 0.2) is 5.82 Å². The summed E-state index contributed by atoms with van der Waals surface area (Å²) in [6.07, 6.45) is 2.17. The Morgan fingerprint density at radius 1 is 1.26 bits per heavy atom. The zero-order chi connectivity index (χ0) is 14.0. The maximum atomic E-state index is 11.6. The molecule has 0 bridgehead atoms. The Labute approximate surface area is 111 Å². The van der Waals surface area contributed by atoms with Crippen LogP contribution in [0.2, 0.25) is 0 Å². The summed E-state index contributed by atoms with van der Waals surface area (Å²) >= 11 is 0. The highest BCUT2D eigenvalue weighted by Crippen LogP contribution is 2.20. The van der Waals surface area contributed by atoms with Crippen molar-refractivity contribution in [1.29, 1.82) is 0 Å². The first-order chi connectivity index (χ1) is 9.10. The molecule has 6 nitrogen and oxygen atoms in total. The largest absolute Gasteiger partial charge is 0.396 e. The first-order valence-electron chi connectivity index (χ1n) is 6.57. The van der Waals surface area contributed by atoms with Gasteiger partial charge in [-0.15, -0.1) is 0 Å². The van der Waals surface area contributed by atoms with Crippen molar-refractivity contribution in [3.8, 4) is 5.82 Å². The number of aromatic amines is 1. The number of nitrogens with zero attached hydrogens (tertiary/aromatic N) is 3. The molecule has 2 rings (SSSR count). The van der Waals surface area contributed by atoms with E-state index >= 15 is 0 Å². The van der Waals surface area contributed by atoms with Crippen molar-refractivity contribution in [2.24, 2.45) is 0 Å². The number of aromatic nitrogens is 4. The molecule has 6 heteroatoms. The van der Waals surface area contributed by atoms with Crippen LogP contribution in [-0.2, 0) is 19.3 Å². The number of nitrogens with two attached hydrogens (primary N) is 1. The lowest BCUT2D eigenvalue weighted by Gasteiger charge is -2.06. The first kappa shape index (κ1) is 13.3. The second-order valence-corrected chi connectivity index (χ2v) is 4.33. The standard InChI is InChI=1S/C13H19N5O/c1-4-8-13(14)9(5-2)18(17-8)11-7-12(19)16-10(6-3)15-11/h7H,4-6,14H2,1-3H3,(H,15,16,19). The van der Waals surface area contributed by atoms with Gasteiger partial charge in [-0.05, 0) is 12.8 Å². The molecule has 0 fully saturated rings. The van der Waals surface area contributed by atoms with Gasteiger partial charge in [-0.25, -0.2) is 9.67 Å². The summed E-state index contributed by atoms with van der Waals surface area (Å²) in [6.45, 7) is 5.96. The Morgan fingerprint density at radius 3 is 2.58 bits per heavy atom. The summed E-state index contributed by atoms with van der Waals surface area (Å²) in [5, 5.41) is 4.46. The monoisotopic (exact) mass is 261 g/mol. The van der Waals surface area contributed by atoms with Crippen molar-refractivity contribution in [2.75, 3.05) is 5.73 Å². The second kappa shape index (κ2) is 5.26. The van der Waals surface area contributed by atoms with Crippen LogP contribution in [0.4, 0.5) is 5.69 Å². The van der Waals surface area contributed by atoms with E-state index in [0.717, 1.165) is 24.2 Å². The summed E-state index contributed by atoms with van der Waals surface area (Å²) in [5.74, 6) is 1.18. The molecule has 0 spiro atoms. The molecule has 0 aliphatic carbocycles. The smallest absolute Gasteiger partial charge is 0.253 e. The summed E-state index contributed by atoms with van der Waals surface area (Å²) in [7, 11) is 0. The minimum Gasteiger partial charge on any atom is -0.396 e. The van der Waals surface area contributed by atoms with Crippen LogP contribution in [0.15, 0.2) is 10.9 Å². The van der Waals surface area contributed by atoms with Gasteiger partial charge < -0.3 is 10.7 Å².